The van der Waals surface area contributed by atoms with Crippen molar-refractivity contribution < 1.29 is 17.9 Å². The number of carbonyl (C=O) groups is 1. The van der Waals surface area contributed by atoms with Crippen LogP contribution in [0.4, 0.5) is 5.69 Å². The summed E-state index contributed by atoms with van der Waals surface area (Å²) in [6, 6.07) is 22.9. The lowest BCUT2D eigenvalue weighted by Crippen LogP contribution is -2.30. The van der Waals surface area contributed by atoms with Crippen LogP contribution in [0.3, 0.4) is 0 Å². The Kier molecular flexibility index (Phi) is 7.55. The highest BCUT2D eigenvalue weighted by molar-refractivity contribution is 7.92. The van der Waals surface area contributed by atoms with E-state index in [1.165, 1.54) is 4.31 Å². The second kappa shape index (κ2) is 10.3. The number of para-hydroxylation sites is 1. The van der Waals surface area contributed by atoms with Gasteiger partial charge in [-0.2, -0.15) is 0 Å². The van der Waals surface area contributed by atoms with Gasteiger partial charge in [0.05, 0.1) is 30.1 Å². The van der Waals surface area contributed by atoms with E-state index in [-0.39, 0.29) is 19.1 Å². The molecule has 3 aromatic carbocycles. The molecular weight excluding hydrogens is 436 g/mol. The van der Waals surface area contributed by atoms with E-state index in [1.807, 2.05) is 42.5 Å². The summed E-state index contributed by atoms with van der Waals surface area (Å²) in [5.41, 5.74) is 1.79. The first-order valence-corrected chi connectivity index (χ1v) is 11.8. The van der Waals surface area contributed by atoms with Crippen molar-refractivity contribution in [2.75, 3.05) is 23.7 Å². The molecule has 1 N–H and O–H groups in total. The molecule has 0 spiro atoms. The van der Waals surface area contributed by atoms with Crippen molar-refractivity contribution in [2.45, 2.75) is 6.54 Å². The van der Waals surface area contributed by atoms with Crippen LogP contribution in [0.15, 0.2) is 78.9 Å². The monoisotopic (exact) mass is 458 g/mol. The zero-order valence-electron chi connectivity index (χ0n) is 17.0. The lowest BCUT2D eigenvalue weighted by Gasteiger charge is -2.22. The molecule has 0 saturated heterocycles. The second-order valence-electron chi connectivity index (χ2n) is 6.84. The largest absolute Gasteiger partial charge is 0.490 e. The van der Waals surface area contributed by atoms with Crippen LogP contribution >= 0.6 is 11.6 Å². The second-order valence-corrected chi connectivity index (χ2v) is 9.15. The fourth-order valence-electron chi connectivity index (χ4n) is 2.92. The zero-order chi connectivity index (χ0) is 22.3. The van der Waals surface area contributed by atoms with E-state index in [2.05, 4.69) is 5.32 Å². The summed E-state index contributed by atoms with van der Waals surface area (Å²) in [7, 11) is -3.49. The van der Waals surface area contributed by atoms with Crippen LogP contribution in [-0.4, -0.2) is 33.7 Å². The van der Waals surface area contributed by atoms with E-state index in [1.54, 1.807) is 36.4 Å². The number of nitrogens with zero attached hydrogens (tertiary/aromatic N) is 1. The molecule has 0 heterocycles. The quantitative estimate of drug-likeness (QED) is 0.489. The molecule has 0 fully saturated rings. The number of ether oxygens (including phenoxy) is 1. The Balaban J connectivity index is 1.60. The summed E-state index contributed by atoms with van der Waals surface area (Å²) in [6.07, 6.45) is 1.16. The molecule has 0 aliphatic heterocycles. The molecule has 3 aromatic rings. The number of hydrogen-bond acceptors (Lipinski definition) is 4. The average molecular weight is 459 g/mol. The Morgan fingerprint density at radius 1 is 0.968 bits per heavy atom. The van der Waals surface area contributed by atoms with Crippen molar-refractivity contribution in [3.8, 4) is 5.75 Å². The maximum atomic E-state index is 12.4. The van der Waals surface area contributed by atoms with Crippen LogP contribution in [0.1, 0.15) is 15.9 Å². The third kappa shape index (κ3) is 6.47. The van der Waals surface area contributed by atoms with Gasteiger partial charge in [0, 0.05) is 5.56 Å². The first-order chi connectivity index (χ1) is 14.8. The Hall–Kier alpha value is -3.03. The molecule has 8 heteroatoms. The molecule has 0 radical (unpaired) electrons. The van der Waals surface area contributed by atoms with Gasteiger partial charge in [0.25, 0.3) is 5.91 Å². The van der Waals surface area contributed by atoms with E-state index in [4.69, 9.17) is 16.3 Å². The Bertz CT molecular complexity index is 1120. The molecule has 1 amide bonds. The van der Waals surface area contributed by atoms with Gasteiger partial charge in [-0.1, -0.05) is 54.1 Å². The van der Waals surface area contributed by atoms with Crippen LogP contribution < -0.4 is 14.4 Å². The molecule has 0 aliphatic rings. The van der Waals surface area contributed by atoms with Crippen molar-refractivity contribution in [3.63, 3.8) is 0 Å². The minimum Gasteiger partial charge on any atom is -0.490 e. The van der Waals surface area contributed by atoms with Crippen molar-refractivity contribution in [2.24, 2.45) is 0 Å². The third-order valence-corrected chi connectivity index (χ3v) is 5.92. The van der Waals surface area contributed by atoms with Crippen LogP contribution in [0.5, 0.6) is 5.75 Å². The first-order valence-electron chi connectivity index (χ1n) is 9.62. The predicted octanol–water partition coefficient (Wildman–Crippen LogP) is 4.12. The normalized spacial score (nSPS) is 11.0. The van der Waals surface area contributed by atoms with Crippen molar-refractivity contribution in [1.29, 1.82) is 0 Å². The van der Waals surface area contributed by atoms with Gasteiger partial charge in [0.2, 0.25) is 10.0 Å². The first kappa shape index (κ1) is 22.7. The van der Waals surface area contributed by atoms with E-state index in [0.717, 1.165) is 11.8 Å². The average Bonchev–Trinajstić information content (AvgIpc) is 2.76. The Labute approximate surface area is 187 Å². The number of sulfonamides is 1. The van der Waals surface area contributed by atoms with Gasteiger partial charge in [0.15, 0.2) is 0 Å². The third-order valence-electron chi connectivity index (χ3n) is 4.47. The molecule has 0 unspecified atom stereocenters. The standard InChI is InChI=1S/C23H23ClN2O4S/c1-31(28,29)26(17-18-7-3-2-4-8-18)20-13-11-19(12-14-20)23(27)25-15-16-30-22-10-6-5-9-21(22)24/h2-14H,15-17H2,1H3,(H,25,27). The highest BCUT2D eigenvalue weighted by Crippen LogP contribution is 2.23. The summed E-state index contributed by atoms with van der Waals surface area (Å²) in [5, 5.41) is 3.28. The lowest BCUT2D eigenvalue weighted by molar-refractivity contribution is 0.0947. The maximum Gasteiger partial charge on any atom is 0.251 e. The van der Waals surface area contributed by atoms with E-state index in [9.17, 15) is 13.2 Å². The molecule has 6 nitrogen and oxygen atoms in total. The van der Waals surface area contributed by atoms with E-state index in [0.29, 0.717) is 28.6 Å². The van der Waals surface area contributed by atoms with Gasteiger partial charge in [-0.3, -0.25) is 9.10 Å². The highest BCUT2D eigenvalue weighted by atomic mass is 35.5. The molecule has 0 bridgehead atoms. The molecule has 31 heavy (non-hydrogen) atoms. The number of carbonyl (C=O) groups excluding carboxylic acids is 1. The van der Waals surface area contributed by atoms with Gasteiger partial charge in [-0.25, -0.2) is 8.42 Å². The predicted molar refractivity (Wildman–Crippen MR) is 123 cm³/mol. The minimum absolute atomic E-state index is 0.213. The smallest absolute Gasteiger partial charge is 0.251 e. The van der Waals surface area contributed by atoms with Crippen LogP contribution in [0.25, 0.3) is 0 Å². The number of amides is 1. The summed E-state index contributed by atoms with van der Waals surface area (Å²) in [4.78, 5) is 12.4. The Morgan fingerprint density at radius 2 is 1.61 bits per heavy atom. The van der Waals surface area contributed by atoms with E-state index < -0.39 is 10.0 Å². The summed E-state index contributed by atoms with van der Waals surface area (Å²) >= 11 is 6.03. The molecule has 0 atom stereocenters. The zero-order valence-corrected chi connectivity index (χ0v) is 18.6. The summed E-state index contributed by atoms with van der Waals surface area (Å²) in [5.74, 6) is 0.283. The van der Waals surface area contributed by atoms with Gasteiger partial charge in [0.1, 0.15) is 12.4 Å². The highest BCUT2D eigenvalue weighted by Gasteiger charge is 2.18. The molecule has 0 saturated carbocycles. The minimum atomic E-state index is -3.49. The molecule has 0 aliphatic carbocycles. The van der Waals surface area contributed by atoms with Gasteiger partial charge >= 0.3 is 0 Å². The Morgan fingerprint density at radius 3 is 2.26 bits per heavy atom. The number of hydrogen-bond donors (Lipinski definition) is 1. The molecule has 3 rings (SSSR count). The molecule has 162 valence electrons. The SMILES string of the molecule is CS(=O)(=O)N(Cc1ccccc1)c1ccc(C(=O)NCCOc2ccccc2Cl)cc1. The van der Waals surface area contributed by atoms with Gasteiger partial charge in [-0.15, -0.1) is 0 Å². The number of nitrogens with one attached hydrogen (secondary N) is 1. The maximum absolute atomic E-state index is 12.4. The van der Waals surface area contributed by atoms with Crippen molar-refractivity contribution in [1.82, 2.24) is 5.32 Å². The lowest BCUT2D eigenvalue weighted by atomic mass is 10.2. The number of halogens is 1. The fourth-order valence-corrected chi connectivity index (χ4v) is 4.00. The number of rotatable bonds is 9. The number of benzene rings is 3. The topological polar surface area (TPSA) is 75.7 Å². The van der Waals surface area contributed by atoms with E-state index >= 15 is 0 Å². The van der Waals surface area contributed by atoms with Crippen LogP contribution in [-0.2, 0) is 16.6 Å². The molecular formula is C23H23ClN2O4S. The fraction of sp³-hybridized carbons (Fsp3) is 0.174. The van der Waals surface area contributed by atoms with Gasteiger partial charge in [-0.05, 0) is 42.0 Å². The van der Waals surface area contributed by atoms with Crippen molar-refractivity contribution >= 4 is 33.2 Å². The van der Waals surface area contributed by atoms with Crippen molar-refractivity contribution in [3.05, 3.63) is 95.0 Å². The molecule has 0 aromatic heterocycles. The summed E-state index contributed by atoms with van der Waals surface area (Å²) < 4.78 is 31.4. The van der Waals surface area contributed by atoms with Gasteiger partial charge < -0.3 is 10.1 Å². The van der Waals surface area contributed by atoms with Crippen LogP contribution in [0.2, 0.25) is 5.02 Å². The van der Waals surface area contributed by atoms with Crippen LogP contribution in [0, 0.1) is 0 Å². The summed E-state index contributed by atoms with van der Waals surface area (Å²) in [6.45, 7) is 0.784. The number of anilines is 1.